The number of hydrogen-bond donors (Lipinski definition) is 3. The molecule has 0 bridgehead atoms. The molecule has 0 radical (unpaired) electrons. The van der Waals surface area contributed by atoms with Crippen LogP contribution < -0.4 is 11.0 Å². The summed E-state index contributed by atoms with van der Waals surface area (Å²) < 4.78 is 0. The normalized spacial score (nSPS) is 28.1. The number of rotatable bonds is 4. The van der Waals surface area contributed by atoms with Crippen molar-refractivity contribution in [1.29, 1.82) is 0 Å². The molecule has 1 atom stereocenters. The van der Waals surface area contributed by atoms with Crippen LogP contribution in [0.2, 0.25) is 0 Å². The fraction of sp³-hybridized carbons (Fsp3) is 0.733. The first-order valence-electron chi connectivity index (χ1n) is 8.23. The minimum absolute atomic E-state index is 0.0814. The van der Waals surface area contributed by atoms with Crippen molar-refractivity contribution >= 4 is 11.8 Å². The average molecular weight is 321 g/mol. The summed E-state index contributed by atoms with van der Waals surface area (Å²) in [5, 5.41) is 8.72. The molecule has 3 N–H and O–H groups in total. The second-order valence-electron chi connectivity index (χ2n) is 6.70. The Morgan fingerprint density at radius 2 is 2.04 bits per heavy atom. The smallest absolute Gasteiger partial charge is 0.340 e. The zero-order chi connectivity index (χ0) is 16.4. The highest BCUT2D eigenvalue weighted by Crippen LogP contribution is 2.31. The van der Waals surface area contributed by atoms with E-state index in [-0.39, 0.29) is 30.7 Å². The summed E-state index contributed by atoms with van der Waals surface area (Å²) in [5.74, 6) is 0.726. The van der Waals surface area contributed by atoms with Gasteiger partial charge in [-0.15, -0.1) is 0 Å². The molecule has 8 nitrogen and oxygen atoms in total. The highest BCUT2D eigenvalue weighted by Gasteiger charge is 2.38. The van der Waals surface area contributed by atoms with E-state index in [1.807, 2.05) is 4.90 Å². The molecule has 1 aromatic rings. The molecule has 3 rings (SSSR count). The topological polar surface area (TPSA) is 111 Å². The van der Waals surface area contributed by atoms with Crippen molar-refractivity contribution in [2.45, 2.75) is 51.6 Å². The maximum absolute atomic E-state index is 12.2. The van der Waals surface area contributed by atoms with E-state index in [0.29, 0.717) is 18.4 Å². The first kappa shape index (κ1) is 15.8. The minimum atomic E-state index is -0.400. The Kier molecular flexibility index (Phi) is 4.49. The SMILES string of the molecule is CC1CCC(N2CC(C(=O)NCc3n[nH]c(=O)[nH]3)CC2=O)CC1. The molecule has 2 amide bonds. The van der Waals surface area contributed by atoms with E-state index in [1.54, 1.807) is 0 Å². The molecule has 2 fully saturated rings. The van der Waals surface area contributed by atoms with Crippen LogP contribution in [0.4, 0.5) is 0 Å². The van der Waals surface area contributed by atoms with E-state index < -0.39 is 5.69 Å². The number of aromatic amines is 2. The van der Waals surface area contributed by atoms with Gasteiger partial charge in [0.05, 0.1) is 12.5 Å². The monoisotopic (exact) mass is 321 g/mol. The predicted octanol–water partition coefficient (Wildman–Crippen LogP) is 0.141. The predicted molar refractivity (Wildman–Crippen MR) is 82.3 cm³/mol. The van der Waals surface area contributed by atoms with Gasteiger partial charge >= 0.3 is 5.69 Å². The Labute approximate surface area is 134 Å². The third kappa shape index (κ3) is 3.62. The summed E-state index contributed by atoms with van der Waals surface area (Å²) in [7, 11) is 0. The summed E-state index contributed by atoms with van der Waals surface area (Å²) in [6, 6.07) is 0.291. The van der Waals surface area contributed by atoms with Crippen molar-refractivity contribution < 1.29 is 9.59 Å². The van der Waals surface area contributed by atoms with E-state index in [0.717, 1.165) is 31.6 Å². The summed E-state index contributed by atoms with van der Waals surface area (Å²) >= 11 is 0. The molecule has 2 aliphatic rings. The summed E-state index contributed by atoms with van der Waals surface area (Å²) in [6.07, 6.45) is 4.65. The van der Waals surface area contributed by atoms with E-state index in [1.165, 1.54) is 0 Å². The molecule has 1 saturated carbocycles. The lowest BCUT2D eigenvalue weighted by atomic mass is 9.87. The highest BCUT2D eigenvalue weighted by molar-refractivity contribution is 5.89. The number of H-pyrrole nitrogens is 2. The van der Waals surface area contributed by atoms with Crippen LogP contribution in [0.25, 0.3) is 0 Å². The Morgan fingerprint density at radius 3 is 2.70 bits per heavy atom. The van der Waals surface area contributed by atoms with E-state index in [2.05, 4.69) is 27.4 Å². The van der Waals surface area contributed by atoms with Gasteiger partial charge in [0.25, 0.3) is 0 Å². The van der Waals surface area contributed by atoms with Crippen molar-refractivity contribution in [3.05, 3.63) is 16.3 Å². The Bertz CT molecular complexity index is 629. The van der Waals surface area contributed by atoms with Crippen LogP contribution in [-0.4, -0.2) is 44.5 Å². The number of carbonyl (C=O) groups is 2. The van der Waals surface area contributed by atoms with Gasteiger partial charge in [-0.05, 0) is 31.6 Å². The van der Waals surface area contributed by atoms with Gasteiger partial charge in [-0.2, -0.15) is 5.10 Å². The molecule has 8 heteroatoms. The van der Waals surface area contributed by atoms with Gasteiger partial charge in [-0.1, -0.05) is 6.92 Å². The van der Waals surface area contributed by atoms with Crippen LogP contribution in [-0.2, 0) is 16.1 Å². The Hall–Kier alpha value is -2.12. The lowest BCUT2D eigenvalue weighted by molar-refractivity contribution is -0.131. The fourth-order valence-electron chi connectivity index (χ4n) is 3.52. The number of nitrogens with zero attached hydrogens (tertiary/aromatic N) is 2. The van der Waals surface area contributed by atoms with Gasteiger partial charge in [-0.3, -0.25) is 14.6 Å². The van der Waals surface area contributed by atoms with Gasteiger partial charge in [0.2, 0.25) is 11.8 Å². The number of carbonyl (C=O) groups excluding carboxylic acids is 2. The van der Waals surface area contributed by atoms with Gasteiger partial charge < -0.3 is 10.2 Å². The third-order valence-electron chi connectivity index (χ3n) is 4.94. The Morgan fingerprint density at radius 1 is 1.30 bits per heavy atom. The van der Waals surface area contributed by atoms with Crippen LogP contribution >= 0.6 is 0 Å². The summed E-state index contributed by atoms with van der Waals surface area (Å²) in [4.78, 5) is 39.8. The molecule has 1 aliphatic carbocycles. The van der Waals surface area contributed by atoms with E-state index in [9.17, 15) is 14.4 Å². The number of aromatic nitrogens is 3. The van der Waals surface area contributed by atoms with Crippen molar-refractivity contribution in [2.75, 3.05) is 6.54 Å². The quantitative estimate of drug-likeness (QED) is 0.732. The van der Waals surface area contributed by atoms with Crippen molar-refractivity contribution in [1.82, 2.24) is 25.4 Å². The second kappa shape index (κ2) is 6.55. The number of nitrogens with one attached hydrogen (secondary N) is 3. The van der Waals surface area contributed by atoms with Crippen molar-refractivity contribution in [3.8, 4) is 0 Å². The summed E-state index contributed by atoms with van der Waals surface area (Å²) in [5.41, 5.74) is -0.400. The zero-order valence-corrected chi connectivity index (χ0v) is 13.3. The lowest BCUT2D eigenvalue weighted by Crippen LogP contribution is -2.40. The number of likely N-dealkylation sites (tertiary alicyclic amines) is 1. The maximum atomic E-state index is 12.2. The molecular formula is C15H23N5O3. The van der Waals surface area contributed by atoms with Crippen molar-refractivity contribution in [2.24, 2.45) is 11.8 Å². The van der Waals surface area contributed by atoms with Gasteiger partial charge in [0, 0.05) is 19.0 Å². The molecular weight excluding hydrogens is 298 g/mol. The first-order chi connectivity index (χ1) is 11.0. The largest absolute Gasteiger partial charge is 0.348 e. The van der Waals surface area contributed by atoms with Crippen LogP contribution in [0.5, 0.6) is 0 Å². The van der Waals surface area contributed by atoms with Gasteiger partial charge in [0.1, 0.15) is 5.82 Å². The number of hydrogen-bond acceptors (Lipinski definition) is 4. The second-order valence-corrected chi connectivity index (χ2v) is 6.70. The highest BCUT2D eigenvalue weighted by atomic mass is 16.2. The molecule has 1 aliphatic heterocycles. The molecule has 0 aromatic carbocycles. The van der Waals surface area contributed by atoms with Crippen LogP contribution in [0.3, 0.4) is 0 Å². The first-order valence-corrected chi connectivity index (χ1v) is 8.23. The van der Waals surface area contributed by atoms with Crippen molar-refractivity contribution in [3.63, 3.8) is 0 Å². The maximum Gasteiger partial charge on any atom is 0.340 e. The van der Waals surface area contributed by atoms with Gasteiger partial charge in [0.15, 0.2) is 0 Å². The zero-order valence-electron chi connectivity index (χ0n) is 13.3. The Balaban J connectivity index is 1.52. The van der Waals surface area contributed by atoms with Crippen LogP contribution in [0, 0.1) is 11.8 Å². The fourth-order valence-corrected chi connectivity index (χ4v) is 3.52. The minimum Gasteiger partial charge on any atom is -0.348 e. The lowest BCUT2D eigenvalue weighted by Gasteiger charge is -2.33. The molecule has 126 valence electrons. The molecule has 23 heavy (non-hydrogen) atoms. The summed E-state index contributed by atoms with van der Waals surface area (Å²) in [6.45, 7) is 2.90. The molecule has 1 aromatic heterocycles. The standard InChI is InChI=1S/C15H23N5O3/c1-9-2-4-11(5-3-9)20-8-10(6-13(20)21)14(22)16-7-12-17-15(23)19-18-12/h9-11H,2-8H2,1H3,(H,16,22)(H2,17,18,19,23). The van der Waals surface area contributed by atoms with Crippen LogP contribution in [0.1, 0.15) is 44.9 Å². The van der Waals surface area contributed by atoms with Gasteiger partial charge in [-0.25, -0.2) is 9.89 Å². The number of amides is 2. The molecule has 0 spiro atoms. The average Bonchev–Trinajstić information content (AvgIpc) is 3.12. The third-order valence-corrected chi connectivity index (χ3v) is 4.94. The molecule has 1 unspecified atom stereocenters. The van der Waals surface area contributed by atoms with E-state index >= 15 is 0 Å². The van der Waals surface area contributed by atoms with Crippen LogP contribution in [0.15, 0.2) is 4.79 Å². The van der Waals surface area contributed by atoms with E-state index in [4.69, 9.17) is 0 Å². The molecule has 2 heterocycles. The molecule has 1 saturated heterocycles.